The van der Waals surface area contributed by atoms with Gasteiger partial charge in [0.15, 0.2) is 0 Å². The number of fused-ring (bicyclic) bond motifs is 3. The minimum atomic E-state index is -1.41. The van der Waals surface area contributed by atoms with Crippen molar-refractivity contribution in [2.24, 2.45) is 5.92 Å². The Morgan fingerprint density at radius 3 is 2.06 bits per heavy atom. The second-order valence-electron chi connectivity index (χ2n) is 9.09. The van der Waals surface area contributed by atoms with Gasteiger partial charge >= 0.3 is 12.1 Å². The molecule has 3 rings (SSSR count). The summed E-state index contributed by atoms with van der Waals surface area (Å²) in [6, 6.07) is 15.2. The van der Waals surface area contributed by atoms with Gasteiger partial charge in [0.25, 0.3) is 0 Å². The minimum Gasteiger partial charge on any atom is -0.480 e. The maximum atomic E-state index is 13.1. The number of rotatable bonds is 8. The second kappa shape index (κ2) is 9.65. The molecular weight excluding hydrogens is 420 g/mol. The van der Waals surface area contributed by atoms with Crippen molar-refractivity contribution >= 4 is 18.0 Å². The van der Waals surface area contributed by atoms with Crippen molar-refractivity contribution in [2.75, 3.05) is 13.7 Å². The van der Waals surface area contributed by atoms with Crippen LogP contribution < -0.4 is 5.32 Å². The Morgan fingerprint density at radius 1 is 1.06 bits per heavy atom. The van der Waals surface area contributed by atoms with Crippen LogP contribution in [0.15, 0.2) is 48.5 Å². The molecule has 0 radical (unpaired) electrons. The number of amides is 2. The van der Waals surface area contributed by atoms with Crippen molar-refractivity contribution < 1.29 is 24.2 Å². The molecule has 176 valence electrons. The minimum absolute atomic E-state index is 0.0884. The predicted octanol–water partition coefficient (Wildman–Crippen LogP) is 4.26. The van der Waals surface area contributed by atoms with Crippen molar-refractivity contribution in [3.05, 3.63) is 59.7 Å². The van der Waals surface area contributed by atoms with E-state index in [0.717, 1.165) is 27.2 Å². The standard InChI is InChI=1S/C26H32N2O5/c1-6-16(2)22(23(29)28(5)26(3,4)24(30)31)27-25(32)33-15-21-19-13-9-7-11-17(19)18-12-8-10-14-20(18)21/h7-14,16,21-22H,6,15H2,1-5H3,(H,27,32)(H,30,31)/t16-,22-/m0/s1. The predicted molar refractivity (Wildman–Crippen MR) is 126 cm³/mol. The molecule has 2 amide bonds. The zero-order valence-corrected chi connectivity index (χ0v) is 19.8. The number of hydrogen-bond donors (Lipinski definition) is 2. The van der Waals surface area contributed by atoms with Crippen molar-refractivity contribution in [3.63, 3.8) is 0 Å². The Labute approximate surface area is 194 Å². The Balaban J connectivity index is 1.73. The van der Waals surface area contributed by atoms with E-state index in [-0.39, 0.29) is 18.4 Å². The summed E-state index contributed by atoms with van der Waals surface area (Å²) < 4.78 is 5.59. The molecule has 0 fully saturated rings. The fraction of sp³-hybridized carbons (Fsp3) is 0.423. The number of nitrogens with zero attached hydrogens (tertiary/aromatic N) is 1. The van der Waals surface area contributed by atoms with E-state index in [2.05, 4.69) is 17.4 Å². The summed E-state index contributed by atoms with van der Waals surface area (Å²) in [7, 11) is 1.44. The summed E-state index contributed by atoms with van der Waals surface area (Å²) in [6.45, 7) is 6.79. The van der Waals surface area contributed by atoms with Gasteiger partial charge < -0.3 is 20.1 Å². The van der Waals surface area contributed by atoms with Gasteiger partial charge in [0.2, 0.25) is 5.91 Å². The highest BCUT2D eigenvalue weighted by Crippen LogP contribution is 2.44. The number of likely N-dealkylation sites (N-methyl/N-ethyl adjacent to an activating group) is 1. The lowest BCUT2D eigenvalue weighted by molar-refractivity contribution is -0.156. The van der Waals surface area contributed by atoms with Gasteiger partial charge in [-0.2, -0.15) is 0 Å². The Hall–Kier alpha value is -3.35. The molecule has 0 heterocycles. The topological polar surface area (TPSA) is 95.9 Å². The molecular formula is C26H32N2O5. The summed E-state index contributed by atoms with van der Waals surface area (Å²) in [4.78, 5) is 38.6. The largest absolute Gasteiger partial charge is 0.480 e. The first-order valence-electron chi connectivity index (χ1n) is 11.2. The lowest BCUT2D eigenvalue weighted by atomic mass is 9.95. The molecule has 0 aromatic heterocycles. The number of hydrogen-bond acceptors (Lipinski definition) is 4. The number of nitrogens with one attached hydrogen (secondary N) is 1. The quantitative estimate of drug-likeness (QED) is 0.624. The van der Waals surface area contributed by atoms with Crippen LogP contribution in [0, 0.1) is 5.92 Å². The molecule has 7 heteroatoms. The van der Waals surface area contributed by atoms with Crippen LogP contribution in [0.4, 0.5) is 4.79 Å². The molecule has 0 bridgehead atoms. The Kier molecular flexibility index (Phi) is 7.10. The van der Waals surface area contributed by atoms with E-state index in [1.54, 1.807) is 0 Å². The van der Waals surface area contributed by atoms with Gasteiger partial charge in [-0.05, 0) is 42.0 Å². The molecule has 7 nitrogen and oxygen atoms in total. The van der Waals surface area contributed by atoms with Crippen molar-refractivity contribution in [1.29, 1.82) is 0 Å². The third kappa shape index (κ3) is 4.72. The molecule has 2 N–H and O–H groups in total. The van der Waals surface area contributed by atoms with Crippen molar-refractivity contribution in [3.8, 4) is 11.1 Å². The monoisotopic (exact) mass is 452 g/mol. The van der Waals surface area contributed by atoms with Gasteiger partial charge in [-0.3, -0.25) is 4.79 Å². The highest BCUT2D eigenvalue weighted by molar-refractivity contribution is 5.91. The maximum Gasteiger partial charge on any atom is 0.407 e. The summed E-state index contributed by atoms with van der Waals surface area (Å²) in [5.41, 5.74) is 3.05. The molecule has 0 saturated heterocycles. The summed E-state index contributed by atoms with van der Waals surface area (Å²) in [5, 5.41) is 12.2. The average Bonchev–Trinajstić information content (AvgIpc) is 3.13. The van der Waals surface area contributed by atoms with Crippen molar-refractivity contribution in [2.45, 2.75) is 51.6 Å². The van der Waals surface area contributed by atoms with Crippen LogP contribution >= 0.6 is 0 Å². The van der Waals surface area contributed by atoms with Crippen LogP contribution in [0.25, 0.3) is 11.1 Å². The van der Waals surface area contributed by atoms with Gasteiger partial charge in [0.05, 0.1) is 0 Å². The van der Waals surface area contributed by atoms with Crippen LogP contribution in [-0.4, -0.2) is 53.2 Å². The van der Waals surface area contributed by atoms with Crippen molar-refractivity contribution in [1.82, 2.24) is 10.2 Å². The fourth-order valence-electron chi connectivity index (χ4n) is 4.08. The van der Waals surface area contributed by atoms with E-state index in [9.17, 15) is 19.5 Å². The molecule has 0 unspecified atom stereocenters. The number of alkyl carbamates (subject to hydrolysis) is 1. The number of carbonyl (C=O) groups excluding carboxylic acids is 2. The van der Waals surface area contributed by atoms with E-state index >= 15 is 0 Å². The van der Waals surface area contributed by atoms with Crippen LogP contribution in [0.1, 0.15) is 51.2 Å². The number of carboxylic acid groups (broad SMARTS) is 1. The highest BCUT2D eigenvalue weighted by atomic mass is 16.5. The summed E-state index contributed by atoms with van der Waals surface area (Å²) >= 11 is 0. The fourth-order valence-corrected chi connectivity index (χ4v) is 4.08. The molecule has 2 aromatic carbocycles. The number of ether oxygens (including phenoxy) is 1. The molecule has 0 aliphatic heterocycles. The Morgan fingerprint density at radius 2 is 1.58 bits per heavy atom. The molecule has 2 aromatic rings. The van der Waals surface area contributed by atoms with E-state index < -0.39 is 29.6 Å². The summed E-state index contributed by atoms with van der Waals surface area (Å²) in [5.74, 6) is -1.88. The number of carboxylic acids is 1. The summed E-state index contributed by atoms with van der Waals surface area (Å²) in [6.07, 6.45) is -0.0708. The van der Waals surface area contributed by atoms with Crippen LogP contribution in [0.3, 0.4) is 0 Å². The molecule has 1 aliphatic rings. The highest BCUT2D eigenvalue weighted by Gasteiger charge is 2.40. The number of aliphatic carboxylic acids is 1. The second-order valence-corrected chi connectivity index (χ2v) is 9.09. The molecule has 1 aliphatic carbocycles. The van der Waals surface area contributed by atoms with E-state index in [4.69, 9.17) is 4.74 Å². The molecule has 0 saturated carbocycles. The first-order chi connectivity index (χ1) is 15.6. The first kappa shape index (κ1) is 24.3. The maximum absolute atomic E-state index is 13.1. The van der Waals surface area contributed by atoms with Crippen LogP contribution in [0.5, 0.6) is 0 Å². The first-order valence-corrected chi connectivity index (χ1v) is 11.2. The van der Waals surface area contributed by atoms with E-state index in [0.29, 0.717) is 6.42 Å². The normalized spacial score (nSPS) is 14.6. The Bertz CT molecular complexity index is 1000. The third-order valence-corrected chi connectivity index (χ3v) is 6.79. The van der Waals surface area contributed by atoms with Crippen LogP contribution in [-0.2, 0) is 14.3 Å². The van der Waals surface area contributed by atoms with Crippen LogP contribution in [0.2, 0.25) is 0 Å². The van der Waals surface area contributed by atoms with Gasteiger partial charge in [-0.25, -0.2) is 9.59 Å². The van der Waals surface area contributed by atoms with E-state index in [1.807, 2.05) is 50.2 Å². The average molecular weight is 453 g/mol. The lowest BCUT2D eigenvalue weighted by Gasteiger charge is -2.35. The zero-order chi connectivity index (χ0) is 24.3. The third-order valence-electron chi connectivity index (χ3n) is 6.79. The molecule has 0 spiro atoms. The molecule has 33 heavy (non-hydrogen) atoms. The lowest BCUT2D eigenvalue weighted by Crippen LogP contribution is -2.58. The zero-order valence-electron chi connectivity index (χ0n) is 19.8. The van der Waals surface area contributed by atoms with E-state index in [1.165, 1.54) is 20.9 Å². The smallest absolute Gasteiger partial charge is 0.407 e. The SMILES string of the molecule is CC[C@H](C)[C@H](NC(=O)OCC1c2ccccc2-c2ccccc21)C(=O)N(C)C(C)(C)C(=O)O. The van der Waals surface area contributed by atoms with Gasteiger partial charge in [-0.15, -0.1) is 0 Å². The number of carbonyl (C=O) groups is 3. The number of benzene rings is 2. The van der Waals surface area contributed by atoms with Gasteiger partial charge in [0, 0.05) is 13.0 Å². The molecule has 2 atom stereocenters. The van der Waals surface area contributed by atoms with Gasteiger partial charge in [-0.1, -0.05) is 68.8 Å². The van der Waals surface area contributed by atoms with Gasteiger partial charge in [0.1, 0.15) is 18.2 Å².